The van der Waals surface area contributed by atoms with Crippen molar-refractivity contribution in [3.8, 4) is 23.8 Å². The molecule has 27 heavy (non-hydrogen) atoms. The van der Waals surface area contributed by atoms with E-state index in [9.17, 15) is 4.79 Å². The molecule has 0 aliphatic carbocycles. The second-order valence-electron chi connectivity index (χ2n) is 5.80. The van der Waals surface area contributed by atoms with Crippen molar-refractivity contribution in [3.05, 3.63) is 46.2 Å². The van der Waals surface area contributed by atoms with Crippen molar-refractivity contribution in [3.63, 3.8) is 0 Å². The van der Waals surface area contributed by atoms with Crippen LogP contribution in [0.4, 0.5) is 0 Å². The summed E-state index contributed by atoms with van der Waals surface area (Å²) in [6.45, 7) is 0.511. The first-order valence-electron chi connectivity index (χ1n) is 8.02. The Kier molecular flexibility index (Phi) is 3.70. The molecule has 0 spiro atoms. The molecule has 2 aromatic carbocycles. The fourth-order valence-corrected chi connectivity index (χ4v) is 4.68. The lowest BCUT2D eigenvalue weighted by Crippen LogP contribution is -2.16. The molecule has 0 saturated carbocycles. The standard InChI is InChI=1S/C19H11N3O3S2/c1-2-5-22-13-7-14-15(25-10-24-14)8-17(13)27-19(22)21-18(23)11-3-4-12-16(6-11)26-9-20-12/h1,3-4,6-9H,5,10H2. The maximum Gasteiger partial charge on any atom is 0.279 e. The third-order valence-corrected chi connectivity index (χ3v) is 6.03. The van der Waals surface area contributed by atoms with E-state index in [-0.39, 0.29) is 12.7 Å². The van der Waals surface area contributed by atoms with Crippen LogP contribution in [-0.4, -0.2) is 22.3 Å². The van der Waals surface area contributed by atoms with Gasteiger partial charge in [0.2, 0.25) is 6.79 Å². The molecule has 1 amide bonds. The Morgan fingerprint density at radius 2 is 2.11 bits per heavy atom. The quantitative estimate of drug-likeness (QED) is 0.490. The average Bonchev–Trinajstić information content (AvgIpc) is 3.38. The summed E-state index contributed by atoms with van der Waals surface area (Å²) >= 11 is 2.88. The minimum absolute atomic E-state index is 0.206. The van der Waals surface area contributed by atoms with Crippen molar-refractivity contribution in [2.24, 2.45) is 4.99 Å². The summed E-state index contributed by atoms with van der Waals surface area (Å²) in [4.78, 5) is 21.8. The summed E-state index contributed by atoms with van der Waals surface area (Å²) < 4.78 is 14.6. The third kappa shape index (κ3) is 2.68. The van der Waals surface area contributed by atoms with Gasteiger partial charge in [-0.2, -0.15) is 4.99 Å². The Morgan fingerprint density at radius 3 is 2.96 bits per heavy atom. The van der Waals surface area contributed by atoms with Crippen LogP contribution < -0.4 is 14.3 Å². The molecule has 0 fully saturated rings. The minimum Gasteiger partial charge on any atom is -0.454 e. The maximum atomic E-state index is 12.7. The molecular formula is C19H11N3O3S2. The van der Waals surface area contributed by atoms with E-state index >= 15 is 0 Å². The van der Waals surface area contributed by atoms with Gasteiger partial charge in [0.1, 0.15) is 0 Å². The van der Waals surface area contributed by atoms with Gasteiger partial charge >= 0.3 is 0 Å². The predicted octanol–water partition coefficient (Wildman–Crippen LogP) is 3.42. The summed E-state index contributed by atoms with van der Waals surface area (Å²) in [6, 6.07) is 9.14. The molecule has 1 aliphatic heterocycles. The Morgan fingerprint density at radius 1 is 1.26 bits per heavy atom. The van der Waals surface area contributed by atoms with Gasteiger partial charge < -0.3 is 14.0 Å². The number of hydrogen-bond acceptors (Lipinski definition) is 6. The van der Waals surface area contributed by atoms with Gasteiger partial charge in [0.15, 0.2) is 16.3 Å². The summed E-state index contributed by atoms with van der Waals surface area (Å²) in [5.41, 5.74) is 4.01. The molecule has 3 heterocycles. The monoisotopic (exact) mass is 393 g/mol. The molecule has 4 aromatic rings. The number of hydrogen-bond donors (Lipinski definition) is 0. The molecule has 1 aliphatic rings. The van der Waals surface area contributed by atoms with Gasteiger partial charge in [0.05, 0.1) is 32.5 Å². The van der Waals surface area contributed by atoms with Gasteiger partial charge in [-0.05, 0) is 18.2 Å². The van der Waals surface area contributed by atoms with Gasteiger partial charge in [-0.15, -0.1) is 17.8 Å². The Balaban J connectivity index is 1.65. The van der Waals surface area contributed by atoms with Gasteiger partial charge in [-0.3, -0.25) is 4.79 Å². The second-order valence-corrected chi connectivity index (χ2v) is 7.70. The van der Waals surface area contributed by atoms with Gasteiger partial charge in [-0.1, -0.05) is 17.3 Å². The maximum absolute atomic E-state index is 12.7. The van der Waals surface area contributed by atoms with Crippen molar-refractivity contribution >= 4 is 49.0 Å². The number of rotatable bonds is 2. The van der Waals surface area contributed by atoms with E-state index < -0.39 is 0 Å². The summed E-state index contributed by atoms with van der Waals surface area (Å²) in [5, 5.41) is 0. The zero-order valence-electron chi connectivity index (χ0n) is 13.8. The number of ether oxygens (including phenoxy) is 2. The number of fused-ring (bicyclic) bond motifs is 3. The van der Waals surface area contributed by atoms with Crippen LogP contribution in [0.5, 0.6) is 11.5 Å². The lowest BCUT2D eigenvalue weighted by molar-refractivity contribution is 0.0998. The molecule has 5 rings (SSSR count). The highest BCUT2D eigenvalue weighted by molar-refractivity contribution is 7.17. The topological polar surface area (TPSA) is 65.7 Å². The predicted molar refractivity (Wildman–Crippen MR) is 104 cm³/mol. The number of nitrogens with zero attached hydrogens (tertiary/aromatic N) is 3. The van der Waals surface area contributed by atoms with Gasteiger partial charge in [0.25, 0.3) is 5.91 Å². The first-order valence-corrected chi connectivity index (χ1v) is 9.71. The highest BCUT2D eigenvalue weighted by Crippen LogP contribution is 2.37. The molecule has 132 valence electrons. The first kappa shape index (κ1) is 16.1. The van der Waals surface area contributed by atoms with Crippen LogP contribution in [0.2, 0.25) is 0 Å². The lowest BCUT2D eigenvalue weighted by atomic mass is 10.2. The molecule has 0 saturated heterocycles. The van der Waals surface area contributed by atoms with E-state index in [4.69, 9.17) is 15.9 Å². The number of terminal acetylenes is 1. The number of thiazole rings is 2. The van der Waals surface area contributed by atoms with Crippen molar-refractivity contribution in [1.29, 1.82) is 0 Å². The molecule has 0 N–H and O–H groups in total. The lowest BCUT2D eigenvalue weighted by Gasteiger charge is -2.01. The van der Waals surface area contributed by atoms with Crippen molar-refractivity contribution in [2.75, 3.05) is 6.79 Å². The Bertz CT molecular complexity index is 1320. The zero-order valence-corrected chi connectivity index (χ0v) is 15.5. The van der Waals surface area contributed by atoms with Crippen molar-refractivity contribution in [2.45, 2.75) is 6.54 Å². The van der Waals surface area contributed by atoms with Crippen LogP contribution in [0, 0.1) is 12.3 Å². The number of aromatic nitrogens is 2. The number of carbonyl (C=O) groups excluding carboxylic acids is 1. The van der Waals surface area contributed by atoms with Gasteiger partial charge in [-0.25, -0.2) is 4.98 Å². The van der Waals surface area contributed by atoms with Crippen LogP contribution in [0.15, 0.2) is 40.8 Å². The molecule has 0 radical (unpaired) electrons. The molecule has 0 atom stereocenters. The molecule has 6 nitrogen and oxygen atoms in total. The molecule has 0 bridgehead atoms. The van der Waals surface area contributed by atoms with Crippen LogP contribution in [0.25, 0.3) is 20.4 Å². The summed E-state index contributed by atoms with van der Waals surface area (Å²) in [5.74, 6) is 3.66. The molecule has 8 heteroatoms. The fourth-order valence-electron chi connectivity index (χ4n) is 2.93. The number of benzene rings is 2. The highest BCUT2D eigenvalue weighted by Gasteiger charge is 2.18. The van der Waals surface area contributed by atoms with E-state index in [0.717, 1.165) is 20.4 Å². The van der Waals surface area contributed by atoms with E-state index in [1.807, 2.05) is 28.8 Å². The number of amides is 1. The van der Waals surface area contributed by atoms with Crippen molar-refractivity contribution < 1.29 is 14.3 Å². The minimum atomic E-state index is -0.317. The van der Waals surface area contributed by atoms with Crippen LogP contribution >= 0.6 is 22.7 Å². The second kappa shape index (κ2) is 6.23. The van der Waals surface area contributed by atoms with E-state index in [2.05, 4.69) is 15.9 Å². The Labute approximate surface area is 161 Å². The third-order valence-electron chi connectivity index (χ3n) is 4.20. The van der Waals surface area contributed by atoms with Gasteiger partial charge in [0, 0.05) is 17.7 Å². The molecule has 2 aromatic heterocycles. The fraction of sp³-hybridized carbons (Fsp3) is 0.105. The van der Waals surface area contributed by atoms with E-state index in [1.165, 1.54) is 22.7 Å². The largest absolute Gasteiger partial charge is 0.454 e. The first-order chi connectivity index (χ1) is 13.2. The molecular weight excluding hydrogens is 382 g/mol. The van der Waals surface area contributed by atoms with Crippen LogP contribution in [-0.2, 0) is 6.54 Å². The van der Waals surface area contributed by atoms with E-state index in [1.54, 1.807) is 11.6 Å². The highest BCUT2D eigenvalue weighted by atomic mass is 32.1. The zero-order chi connectivity index (χ0) is 18.4. The van der Waals surface area contributed by atoms with Crippen LogP contribution in [0.3, 0.4) is 0 Å². The van der Waals surface area contributed by atoms with Crippen LogP contribution in [0.1, 0.15) is 10.4 Å². The average molecular weight is 393 g/mol. The SMILES string of the molecule is C#CCn1c(=NC(=O)c2ccc3ncsc3c2)sc2cc3c(cc21)OCO3. The smallest absolute Gasteiger partial charge is 0.279 e. The Hall–Kier alpha value is -3.15. The van der Waals surface area contributed by atoms with E-state index in [0.29, 0.717) is 28.4 Å². The summed E-state index contributed by atoms with van der Waals surface area (Å²) in [7, 11) is 0. The van der Waals surface area contributed by atoms with Crippen molar-refractivity contribution in [1.82, 2.24) is 9.55 Å². The molecule has 0 unspecified atom stereocenters. The number of carbonyl (C=O) groups is 1. The normalized spacial score (nSPS) is 13.4. The summed E-state index contributed by atoms with van der Waals surface area (Å²) in [6.07, 6.45) is 5.53.